The zero-order chi connectivity index (χ0) is 15.3. The Morgan fingerprint density at radius 1 is 1.50 bits per heavy atom. The summed E-state index contributed by atoms with van der Waals surface area (Å²) in [5.41, 5.74) is 5.70. The Bertz CT molecular complexity index is 464. The third-order valence-electron chi connectivity index (χ3n) is 3.19. The van der Waals surface area contributed by atoms with Crippen LogP contribution in [-0.2, 0) is 24.2 Å². The molecular formula is C11H20N2O6S. The highest BCUT2D eigenvalue weighted by Crippen LogP contribution is 2.18. The summed E-state index contributed by atoms with van der Waals surface area (Å²) in [6, 6.07) is -1.50. The molecule has 116 valence electrons. The molecule has 1 fully saturated rings. The lowest BCUT2D eigenvalue weighted by molar-refractivity contribution is -0.146. The van der Waals surface area contributed by atoms with Gasteiger partial charge in [0.25, 0.3) is 0 Å². The SMILES string of the molecule is COCCC(N)C(=O)N(CC(=O)O)C1CCS(=O)(=O)C1. The number of carboxylic acid groups (broad SMARTS) is 1. The normalized spacial score (nSPS) is 22.4. The predicted octanol–water partition coefficient (Wildman–Crippen LogP) is -1.55. The standard InChI is InChI=1S/C11H20N2O6S/c1-19-4-2-9(12)11(16)13(6-10(14)15)8-3-5-20(17,18)7-8/h8-9H,2-7,12H2,1H3,(H,14,15). The number of sulfone groups is 1. The number of nitrogens with two attached hydrogens (primary N) is 1. The van der Waals surface area contributed by atoms with Gasteiger partial charge in [-0.15, -0.1) is 0 Å². The van der Waals surface area contributed by atoms with Gasteiger partial charge in [-0.05, 0) is 12.8 Å². The Morgan fingerprint density at radius 2 is 2.15 bits per heavy atom. The fourth-order valence-corrected chi connectivity index (χ4v) is 3.87. The van der Waals surface area contributed by atoms with Crippen molar-refractivity contribution < 1.29 is 27.9 Å². The van der Waals surface area contributed by atoms with Crippen LogP contribution in [0.2, 0.25) is 0 Å². The van der Waals surface area contributed by atoms with Crippen LogP contribution in [0.1, 0.15) is 12.8 Å². The number of carbonyl (C=O) groups is 2. The fourth-order valence-electron chi connectivity index (χ4n) is 2.14. The van der Waals surface area contributed by atoms with E-state index in [9.17, 15) is 18.0 Å². The first kappa shape index (κ1) is 16.9. The molecule has 0 aromatic carbocycles. The minimum absolute atomic E-state index is 0.0334. The summed E-state index contributed by atoms with van der Waals surface area (Å²) in [6.07, 6.45) is 0.503. The third-order valence-corrected chi connectivity index (χ3v) is 4.94. The van der Waals surface area contributed by atoms with Crippen LogP contribution in [0.3, 0.4) is 0 Å². The van der Waals surface area contributed by atoms with Gasteiger partial charge in [0.1, 0.15) is 6.54 Å². The molecule has 2 atom stereocenters. The molecule has 0 spiro atoms. The molecule has 0 aromatic heterocycles. The number of rotatable bonds is 7. The number of carboxylic acids is 1. The minimum atomic E-state index is -3.20. The molecule has 0 aliphatic carbocycles. The van der Waals surface area contributed by atoms with Crippen LogP contribution >= 0.6 is 0 Å². The number of carbonyl (C=O) groups excluding carboxylic acids is 1. The van der Waals surface area contributed by atoms with Gasteiger partial charge in [0, 0.05) is 19.8 Å². The second kappa shape index (κ2) is 7.00. The van der Waals surface area contributed by atoms with E-state index in [-0.39, 0.29) is 31.0 Å². The Balaban J connectivity index is 2.78. The highest BCUT2D eigenvalue weighted by Gasteiger charge is 2.36. The average molecular weight is 308 g/mol. The first-order chi connectivity index (χ1) is 9.26. The summed E-state index contributed by atoms with van der Waals surface area (Å²) in [5.74, 6) is -1.98. The average Bonchev–Trinajstić information content (AvgIpc) is 2.72. The zero-order valence-corrected chi connectivity index (χ0v) is 12.1. The summed E-state index contributed by atoms with van der Waals surface area (Å²) in [7, 11) is -1.74. The van der Waals surface area contributed by atoms with Gasteiger partial charge in [0.05, 0.1) is 17.5 Å². The molecule has 1 amide bonds. The van der Waals surface area contributed by atoms with Crippen molar-refractivity contribution in [2.75, 3.05) is 31.8 Å². The molecule has 1 aliphatic rings. The molecule has 0 aromatic rings. The number of nitrogens with zero attached hydrogens (tertiary/aromatic N) is 1. The molecule has 3 N–H and O–H groups in total. The van der Waals surface area contributed by atoms with E-state index in [0.29, 0.717) is 0 Å². The van der Waals surface area contributed by atoms with Crippen LogP contribution in [0.5, 0.6) is 0 Å². The number of hydrogen-bond acceptors (Lipinski definition) is 6. The summed E-state index contributed by atoms with van der Waals surface area (Å²) in [5, 5.41) is 8.87. The van der Waals surface area contributed by atoms with E-state index in [1.54, 1.807) is 0 Å². The molecule has 2 unspecified atom stereocenters. The maximum absolute atomic E-state index is 12.2. The molecule has 9 heteroatoms. The van der Waals surface area contributed by atoms with Crippen LogP contribution in [0, 0.1) is 0 Å². The maximum atomic E-state index is 12.2. The lowest BCUT2D eigenvalue weighted by atomic mass is 10.1. The van der Waals surface area contributed by atoms with Gasteiger partial charge in [-0.25, -0.2) is 8.42 Å². The van der Waals surface area contributed by atoms with Crippen molar-refractivity contribution in [2.24, 2.45) is 5.73 Å². The third kappa shape index (κ3) is 4.73. The zero-order valence-electron chi connectivity index (χ0n) is 11.3. The minimum Gasteiger partial charge on any atom is -0.480 e. The first-order valence-corrected chi connectivity index (χ1v) is 8.06. The van der Waals surface area contributed by atoms with Gasteiger partial charge >= 0.3 is 5.97 Å². The molecule has 1 saturated heterocycles. The van der Waals surface area contributed by atoms with Crippen LogP contribution in [0.15, 0.2) is 0 Å². The number of amides is 1. The van der Waals surface area contributed by atoms with Crippen LogP contribution in [0.4, 0.5) is 0 Å². The van der Waals surface area contributed by atoms with Crippen molar-refractivity contribution in [3.8, 4) is 0 Å². The van der Waals surface area contributed by atoms with Gasteiger partial charge in [-0.3, -0.25) is 9.59 Å². The molecular weight excluding hydrogens is 288 g/mol. The number of methoxy groups -OCH3 is 1. The van der Waals surface area contributed by atoms with Crippen molar-refractivity contribution in [3.05, 3.63) is 0 Å². The Kier molecular flexibility index (Phi) is 5.90. The predicted molar refractivity (Wildman–Crippen MR) is 70.9 cm³/mol. The molecule has 1 heterocycles. The molecule has 20 heavy (non-hydrogen) atoms. The van der Waals surface area contributed by atoms with Crippen molar-refractivity contribution >= 4 is 21.7 Å². The number of aliphatic carboxylic acids is 1. The Labute approximate surface area is 117 Å². The summed E-state index contributed by atoms with van der Waals surface area (Å²) < 4.78 is 27.7. The molecule has 1 aliphatic heterocycles. The second-order valence-electron chi connectivity index (χ2n) is 4.80. The Morgan fingerprint density at radius 3 is 2.60 bits per heavy atom. The topological polar surface area (TPSA) is 127 Å². The van der Waals surface area contributed by atoms with Crippen molar-refractivity contribution in [1.29, 1.82) is 0 Å². The van der Waals surface area contributed by atoms with Gasteiger partial charge < -0.3 is 20.5 Å². The van der Waals surface area contributed by atoms with Gasteiger partial charge in [-0.1, -0.05) is 0 Å². The van der Waals surface area contributed by atoms with Crippen LogP contribution in [-0.4, -0.2) is 74.2 Å². The number of hydrogen-bond donors (Lipinski definition) is 2. The first-order valence-electron chi connectivity index (χ1n) is 6.24. The van der Waals surface area contributed by atoms with Gasteiger partial charge in [0.15, 0.2) is 9.84 Å². The monoisotopic (exact) mass is 308 g/mol. The lowest BCUT2D eigenvalue weighted by Crippen LogP contribution is -2.51. The van der Waals surface area contributed by atoms with Crippen LogP contribution in [0.25, 0.3) is 0 Å². The van der Waals surface area contributed by atoms with Crippen molar-refractivity contribution in [2.45, 2.75) is 24.9 Å². The molecule has 8 nitrogen and oxygen atoms in total. The van der Waals surface area contributed by atoms with Crippen molar-refractivity contribution in [1.82, 2.24) is 4.90 Å². The molecule has 1 rings (SSSR count). The Hall–Kier alpha value is -1.19. The maximum Gasteiger partial charge on any atom is 0.323 e. The van der Waals surface area contributed by atoms with Gasteiger partial charge in [-0.2, -0.15) is 0 Å². The van der Waals surface area contributed by atoms with E-state index in [1.807, 2.05) is 0 Å². The quantitative estimate of drug-likeness (QED) is 0.583. The smallest absolute Gasteiger partial charge is 0.323 e. The summed E-state index contributed by atoms with van der Waals surface area (Å²) in [4.78, 5) is 24.1. The van der Waals surface area contributed by atoms with E-state index < -0.39 is 40.3 Å². The van der Waals surface area contributed by atoms with E-state index >= 15 is 0 Å². The van der Waals surface area contributed by atoms with E-state index in [0.717, 1.165) is 4.90 Å². The fraction of sp³-hybridized carbons (Fsp3) is 0.818. The second-order valence-corrected chi connectivity index (χ2v) is 7.03. The van der Waals surface area contributed by atoms with E-state index in [1.165, 1.54) is 7.11 Å². The largest absolute Gasteiger partial charge is 0.480 e. The number of ether oxygens (including phenoxy) is 1. The van der Waals surface area contributed by atoms with E-state index in [2.05, 4.69) is 0 Å². The highest BCUT2D eigenvalue weighted by molar-refractivity contribution is 7.91. The van der Waals surface area contributed by atoms with E-state index in [4.69, 9.17) is 15.6 Å². The summed E-state index contributed by atoms with van der Waals surface area (Å²) in [6.45, 7) is -0.267. The highest BCUT2D eigenvalue weighted by atomic mass is 32.2. The molecule has 0 radical (unpaired) electrons. The van der Waals surface area contributed by atoms with Gasteiger partial charge in [0.2, 0.25) is 5.91 Å². The van der Waals surface area contributed by atoms with Crippen LogP contribution < -0.4 is 5.73 Å². The van der Waals surface area contributed by atoms with Crippen molar-refractivity contribution in [3.63, 3.8) is 0 Å². The lowest BCUT2D eigenvalue weighted by Gasteiger charge is -2.29. The molecule has 0 bridgehead atoms. The summed E-state index contributed by atoms with van der Waals surface area (Å²) >= 11 is 0. The molecule has 0 saturated carbocycles.